The molecule has 0 aliphatic heterocycles. The van der Waals surface area contributed by atoms with Gasteiger partial charge in [-0.15, -0.1) is 0 Å². The molecule has 0 aromatic heterocycles. The molecule has 2 rings (SSSR count). The summed E-state index contributed by atoms with van der Waals surface area (Å²) < 4.78 is 4.62. The molecule has 1 aromatic carbocycles. The molecule has 1 aliphatic carbocycles. The maximum atomic E-state index is 12.9. The third-order valence-electron chi connectivity index (χ3n) is 4.67. The SMILES string of the molecule is COC(=O)CCCCCC(O)C1CCCC=C(Sc2ccccc2)C1=O. The Kier molecular flexibility index (Phi) is 8.92. The van der Waals surface area contributed by atoms with Gasteiger partial charge in [0.2, 0.25) is 0 Å². The van der Waals surface area contributed by atoms with Crippen molar-refractivity contribution in [2.45, 2.75) is 62.4 Å². The zero-order chi connectivity index (χ0) is 18.8. The number of aliphatic hydroxyl groups excluding tert-OH is 1. The summed E-state index contributed by atoms with van der Waals surface area (Å²) in [6, 6.07) is 9.88. The van der Waals surface area contributed by atoms with Crippen LogP contribution in [0.3, 0.4) is 0 Å². The molecule has 0 heterocycles. The van der Waals surface area contributed by atoms with Crippen LogP contribution in [0.4, 0.5) is 0 Å². The van der Waals surface area contributed by atoms with Crippen molar-refractivity contribution < 1.29 is 19.4 Å². The summed E-state index contributed by atoms with van der Waals surface area (Å²) in [6.07, 6.45) is 7.38. The van der Waals surface area contributed by atoms with E-state index in [1.165, 1.54) is 18.9 Å². The standard InChI is InChI=1S/C21H28O4S/c1-25-20(23)15-7-3-6-13-18(22)17-12-8-9-14-19(21(17)24)26-16-10-4-2-5-11-16/h2,4-5,10-11,14,17-18,22H,3,6-9,12-13,15H2,1H3. The number of rotatable bonds is 9. The molecule has 4 nitrogen and oxygen atoms in total. The molecule has 0 saturated heterocycles. The van der Waals surface area contributed by atoms with Crippen molar-refractivity contribution in [1.29, 1.82) is 0 Å². The predicted molar refractivity (Wildman–Crippen MR) is 104 cm³/mol. The number of methoxy groups -OCH3 is 1. The van der Waals surface area contributed by atoms with Crippen molar-refractivity contribution in [1.82, 2.24) is 0 Å². The molecule has 0 amide bonds. The molecule has 2 unspecified atom stereocenters. The first-order valence-electron chi connectivity index (χ1n) is 9.34. The maximum absolute atomic E-state index is 12.9. The van der Waals surface area contributed by atoms with Crippen molar-refractivity contribution in [2.24, 2.45) is 5.92 Å². The number of ketones is 1. The van der Waals surface area contributed by atoms with E-state index >= 15 is 0 Å². The lowest BCUT2D eigenvalue weighted by molar-refractivity contribution is -0.140. The largest absolute Gasteiger partial charge is 0.469 e. The lowest BCUT2D eigenvalue weighted by atomic mass is 9.90. The van der Waals surface area contributed by atoms with E-state index in [1.54, 1.807) is 0 Å². The lowest BCUT2D eigenvalue weighted by Crippen LogP contribution is -2.28. The van der Waals surface area contributed by atoms with Gasteiger partial charge in [-0.3, -0.25) is 9.59 Å². The Bertz CT molecular complexity index is 612. The van der Waals surface area contributed by atoms with Gasteiger partial charge >= 0.3 is 5.97 Å². The molecule has 0 fully saturated rings. The molecule has 2 atom stereocenters. The fraction of sp³-hybridized carbons (Fsp3) is 0.524. The molecule has 0 radical (unpaired) electrons. The highest BCUT2D eigenvalue weighted by Gasteiger charge is 2.30. The van der Waals surface area contributed by atoms with Crippen LogP contribution < -0.4 is 0 Å². The third kappa shape index (κ3) is 6.61. The van der Waals surface area contributed by atoms with Gasteiger partial charge in [0, 0.05) is 17.2 Å². The zero-order valence-electron chi connectivity index (χ0n) is 15.4. The molecule has 0 spiro atoms. The van der Waals surface area contributed by atoms with E-state index in [9.17, 15) is 14.7 Å². The molecule has 0 saturated carbocycles. The molecule has 0 bridgehead atoms. The number of esters is 1. The van der Waals surface area contributed by atoms with E-state index < -0.39 is 6.10 Å². The van der Waals surface area contributed by atoms with Crippen LogP contribution in [0.25, 0.3) is 0 Å². The minimum Gasteiger partial charge on any atom is -0.469 e. The van der Waals surface area contributed by atoms with Gasteiger partial charge in [-0.05, 0) is 44.2 Å². The topological polar surface area (TPSA) is 63.6 Å². The number of aliphatic hydroxyl groups is 1. The van der Waals surface area contributed by atoms with E-state index in [0.717, 1.165) is 48.3 Å². The van der Waals surface area contributed by atoms with Crippen LogP contribution in [0.15, 0.2) is 46.2 Å². The Morgan fingerprint density at radius 3 is 2.77 bits per heavy atom. The van der Waals surface area contributed by atoms with Crippen LogP contribution in [-0.2, 0) is 14.3 Å². The van der Waals surface area contributed by atoms with Gasteiger partial charge in [0.15, 0.2) is 5.78 Å². The predicted octanol–water partition coefficient (Wildman–Crippen LogP) is 4.52. The Morgan fingerprint density at radius 1 is 1.27 bits per heavy atom. The Hall–Kier alpha value is -1.59. The van der Waals surface area contributed by atoms with Gasteiger partial charge in [-0.1, -0.05) is 48.9 Å². The van der Waals surface area contributed by atoms with Gasteiger partial charge in [0.1, 0.15) is 0 Å². The molecule has 1 aliphatic rings. The number of hydrogen-bond acceptors (Lipinski definition) is 5. The zero-order valence-corrected chi connectivity index (χ0v) is 16.2. The molecule has 1 aromatic rings. The molecule has 1 N–H and O–H groups in total. The number of unbranched alkanes of at least 4 members (excludes halogenated alkanes) is 2. The third-order valence-corrected chi connectivity index (χ3v) is 5.77. The monoisotopic (exact) mass is 376 g/mol. The number of Topliss-reactive ketones (excluding diaryl/α,β-unsaturated/α-hetero) is 1. The number of carbonyl (C=O) groups is 2. The van der Waals surface area contributed by atoms with Crippen LogP contribution in [0.5, 0.6) is 0 Å². The Morgan fingerprint density at radius 2 is 2.04 bits per heavy atom. The van der Waals surface area contributed by atoms with Gasteiger partial charge in [-0.2, -0.15) is 0 Å². The summed E-state index contributed by atoms with van der Waals surface area (Å²) >= 11 is 1.49. The van der Waals surface area contributed by atoms with Crippen LogP contribution in [0, 0.1) is 5.92 Å². The van der Waals surface area contributed by atoms with Gasteiger partial charge < -0.3 is 9.84 Å². The number of hydrogen-bond donors (Lipinski definition) is 1. The van der Waals surface area contributed by atoms with Crippen LogP contribution in [0.2, 0.25) is 0 Å². The van der Waals surface area contributed by atoms with Crippen LogP contribution in [-0.4, -0.2) is 30.1 Å². The van der Waals surface area contributed by atoms with Crippen molar-refractivity contribution in [3.8, 4) is 0 Å². The summed E-state index contributed by atoms with van der Waals surface area (Å²) in [6.45, 7) is 0. The first kappa shape index (κ1) is 20.7. The van der Waals surface area contributed by atoms with Crippen molar-refractivity contribution in [3.05, 3.63) is 41.3 Å². The summed E-state index contributed by atoms with van der Waals surface area (Å²) in [5, 5.41) is 10.6. The first-order valence-corrected chi connectivity index (χ1v) is 10.2. The fourth-order valence-corrected chi connectivity index (χ4v) is 4.16. The summed E-state index contributed by atoms with van der Waals surface area (Å²) in [4.78, 5) is 25.8. The van der Waals surface area contributed by atoms with E-state index in [1.807, 2.05) is 36.4 Å². The highest BCUT2D eigenvalue weighted by atomic mass is 32.2. The quantitative estimate of drug-likeness (QED) is 0.507. The van der Waals surface area contributed by atoms with E-state index in [4.69, 9.17) is 0 Å². The minimum atomic E-state index is -0.612. The normalized spacial score (nSPS) is 18.8. The second kappa shape index (κ2) is 11.2. The highest BCUT2D eigenvalue weighted by molar-refractivity contribution is 8.04. The first-order chi connectivity index (χ1) is 12.6. The van der Waals surface area contributed by atoms with Crippen molar-refractivity contribution >= 4 is 23.5 Å². The average Bonchev–Trinajstić information content (AvgIpc) is 2.84. The van der Waals surface area contributed by atoms with Crippen LogP contribution >= 0.6 is 11.8 Å². The van der Waals surface area contributed by atoms with Crippen molar-refractivity contribution in [2.75, 3.05) is 7.11 Å². The summed E-state index contributed by atoms with van der Waals surface area (Å²) in [5.41, 5.74) is 0. The second-order valence-electron chi connectivity index (χ2n) is 6.63. The minimum absolute atomic E-state index is 0.0680. The van der Waals surface area contributed by atoms with Crippen molar-refractivity contribution in [3.63, 3.8) is 0 Å². The fourth-order valence-electron chi connectivity index (χ4n) is 3.16. The van der Waals surface area contributed by atoms with Crippen LogP contribution in [0.1, 0.15) is 51.4 Å². The lowest BCUT2D eigenvalue weighted by Gasteiger charge is -2.21. The van der Waals surface area contributed by atoms with Gasteiger partial charge in [-0.25, -0.2) is 0 Å². The smallest absolute Gasteiger partial charge is 0.305 e. The Balaban J connectivity index is 1.84. The number of ether oxygens (including phenoxy) is 1. The average molecular weight is 377 g/mol. The number of carbonyl (C=O) groups excluding carboxylic acids is 2. The number of allylic oxidation sites excluding steroid dienone is 2. The highest BCUT2D eigenvalue weighted by Crippen LogP contribution is 2.34. The van der Waals surface area contributed by atoms with E-state index in [0.29, 0.717) is 12.8 Å². The molecule has 26 heavy (non-hydrogen) atoms. The summed E-state index contributed by atoms with van der Waals surface area (Å²) in [7, 11) is 1.39. The maximum Gasteiger partial charge on any atom is 0.305 e. The molecular weight excluding hydrogens is 348 g/mol. The molecule has 142 valence electrons. The van der Waals surface area contributed by atoms with E-state index in [2.05, 4.69) is 4.74 Å². The van der Waals surface area contributed by atoms with E-state index in [-0.39, 0.29) is 17.7 Å². The number of thioether (sulfide) groups is 1. The Labute approximate surface area is 160 Å². The summed E-state index contributed by atoms with van der Waals surface area (Å²) in [5.74, 6) is -0.448. The number of benzene rings is 1. The van der Waals surface area contributed by atoms with Gasteiger partial charge in [0.25, 0.3) is 0 Å². The molecular formula is C21H28O4S. The molecule has 5 heteroatoms. The second-order valence-corrected chi connectivity index (χ2v) is 7.74. The van der Waals surface area contributed by atoms with Gasteiger partial charge in [0.05, 0.1) is 18.1 Å².